The fraction of sp³-hybridized carbons (Fsp3) is 0.458. The summed E-state index contributed by atoms with van der Waals surface area (Å²) < 4.78 is 13.1. The Bertz CT molecular complexity index is 788. The van der Waals surface area contributed by atoms with Crippen LogP contribution in [0.5, 0.6) is 0 Å². The van der Waals surface area contributed by atoms with Gasteiger partial charge in [-0.15, -0.1) is 0 Å². The Morgan fingerprint density at radius 2 is 1.62 bits per heavy atom. The number of anilines is 1. The van der Waals surface area contributed by atoms with Crippen LogP contribution in [0.25, 0.3) is 0 Å². The van der Waals surface area contributed by atoms with E-state index in [1.807, 2.05) is 42.5 Å². The van der Waals surface area contributed by atoms with Crippen LogP contribution in [0.1, 0.15) is 36.0 Å². The van der Waals surface area contributed by atoms with Gasteiger partial charge in [-0.25, -0.2) is 4.39 Å². The molecule has 0 saturated carbocycles. The first kappa shape index (κ1) is 19.9. The lowest BCUT2D eigenvalue weighted by atomic mass is 9.97. The summed E-state index contributed by atoms with van der Waals surface area (Å²) in [5.41, 5.74) is 1.89. The van der Waals surface area contributed by atoms with Gasteiger partial charge in [0.2, 0.25) is 0 Å². The molecule has 154 valence electrons. The van der Waals surface area contributed by atoms with Crippen molar-refractivity contribution in [3.8, 4) is 0 Å². The first-order valence-electron chi connectivity index (χ1n) is 10.8. The van der Waals surface area contributed by atoms with Crippen LogP contribution < -0.4 is 4.90 Å². The first-order valence-corrected chi connectivity index (χ1v) is 10.8. The number of amides is 1. The molecular formula is C24H30FN3O. The van der Waals surface area contributed by atoms with Crippen LogP contribution in [0.15, 0.2) is 54.6 Å². The molecule has 0 aromatic heterocycles. The summed E-state index contributed by atoms with van der Waals surface area (Å²) in [6.45, 7) is 5.84. The quantitative estimate of drug-likeness (QED) is 0.765. The van der Waals surface area contributed by atoms with Crippen molar-refractivity contribution in [1.29, 1.82) is 0 Å². The highest BCUT2D eigenvalue weighted by atomic mass is 19.1. The first-order chi connectivity index (χ1) is 14.2. The zero-order valence-electron chi connectivity index (χ0n) is 17.0. The molecule has 0 N–H and O–H groups in total. The van der Waals surface area contributed by atoms with Crippen molar-refractivity contribution in [3.05, 3.63) is 66.0 Å². The second-order valence-corrected chi connectivity index (χ2v) is 8.11. The van der Waals surface area contributed by atoms with Gasteiger partial charge in [0, 0.05) is 56.6 Å². The number of piperazine rings is 1. The zero-order chi connectivity index (χ0) is 20.1. The number of carbonyl (C=O) groups excluding carboxylic acids is 1. The normalized spacial score (nSPS) is 20.7. The lowest BCUT2D eigenvalue weighted by molar-refractivity contribution is 0.0582. The van der Waals surface area contributed by atoms with Gasteiger partial charge in [0.1, 0.15) is 5.82 Å². The van der Waals surface area contributed by atoms with Crippen molar-refractivity contribution in [2.24, 2.45) is 0 Å². The molecule has 0 bridgehead atoms. The maximum atomic E-state index is 13.1. The molecule has 1 atom stereocenters. The molecule has 0 unspecified atom stereocenters. The number of nitrogens with zero attached hydrogens (tertiary/aromatic N) is 3. The molecule has 2 aromatic rings. The van der Waals surface area contributed by atoms with Gasteiger partial charge in [0.25, 0.3) is 5.91 Å². The fourth-order valence-corrected chi connectivity index (χ4v) is 4.53. The second-order valence-electron chi connectivity index (χ2n) is 8.11. The van der Waals surface area contributed by atoms with Gasteiger partial charge in [-0.3, -0.25) is 9.69 Å². The van der Waals surface area contributed by atoms with Crippen LogP contribution >= 0.6 is 0 Å². The minimum atomic E-state index is -0.186. The van der Waals surface area contributed by atoms with E-state index in [0.29, 0.717) is 6.04 Å². The lowest BCUT2D eigenvalue weighted by Gasteiger charge is -2.39. The smallest absolute Gasteiger partial charge is 0.254 e. The van der Waals surface area contributed by atoms with Gasteiger partial charge in [-0.05, 0) is 62.1 Å². The minimum absolute atomic E-state index is 0.177. The number of halogens is 1. The Kier molecular flexibility index (Phi) is 6.45. The van der Waals surface area contributed by atoms with Crippen LogP contribution in [0.3, 0.4) is 0 Å². The summed E-state index contributed by atoms with van der Waals surface area (Å²) in [5.74, 6) is -0.00842. The lowest BCUT2D eigenvalue weighted by Crippen LogP contribution is -2.49. The molecule has 2 heterocycles. The molecule has 29 heavy (non-hydrogen) atoms. The zero-order valence-corrected chi connectivity index (χ0v) is 17.0. The van der Waals surface area contributed by atoms with Crippen molar-refractivity contribution in [1.82, 2.24) is 9.80 Å². The third-order valence-electron chi connectivity index (χ3n) is 6.25. The molecular weight excluding hydrogens is 365 g/mol. The Hall–Kier alpha value is -2.40. The number of likely N-dealkylation sites (tertiary alicyclic amines) is 1. The van der Waals surface area contributed by atoms with Gasteiger partial charge in [-0.2, -0.15) is 0 Å². The molecule has 2 aliphatic heterocycles. The molecule has 2 saturated heterocycles. The van der Waals surface area contributed by atoms with Gasteiger partial charge >= 0.3 is 0 Å². The van der Waals surface area contributed by atoms with Crippen molar-refractivity contribution in [2.45, 2.75) is 31.7 Å². The van der Waals surface area contributed by atoms with Crippen molar-refractivity contribution < 1.29 is 9.18 Å². The van der Waals surface area contributed by atoms with Crippen LogP contribution in [-0.2, 0) is 0 Å². The molecule has 1 amide bonds. The summed E-state index contributed by atoms with van der Waals surface area (Å²) in [4.78, 5) is 19.9. The van der Waals surface area contributed by atoms with E-state index in [4.69, 9.17) is 0 Å². The molecule has 4 nitrogen and oxygen atoms in total. The molecule has 5 heteroatoms. The average molecular weight is 396 g/mol. The number of piperidine rings is 1. The van der Waals surface area contributed by atoms with Crippen LogP contribution in [0.2, 0.25) is 0 Å². The molecule has 0 radical (unpaired) electrons. The summed E-state index contributed by atoms with van der Waals surface area (Å²) >= 11 is 0. The number of hydrogen-bond donors (Lipinski definition) is 0. The summed E-state index contributed by atoms with van der Waals surface area (Å²) in [5, 5.41) is 0. The van der Waals surface area contributed by atoms with E-state index in [-0.39, 0.29) is 11.7 Å². The van der Waals surface area contributed by atoms with E-state index in [2.05, 4.69) is 14.7 Å². The summed E-state index contributed by atoms with van der Waals surface area (Å²) in [6, 6.07) is 16.8. The average Bonchev–Trinajstić information content (AvgIpc) is 2.79. The Labute approximate surface area is 172 Å². The fourth-order valence-electron chi connectivity index (χ4n) is 4.53. The predicted molar refractivity (Wildman–Crippen MR) is 115 cm³/mol. The monoisotopic (exact) mass is 395 g/mol. The van der Waals surface area contributed by atoms with Gasteiger partial charge in [0.05, 0.1) is 0 Å². The number of carbonyl (C=O) groups is 1. The van der Waals surface area contributed by atoms with Gasteiger partial charge in [-0.1, -0.05) is 18.2 Å². The SMILES string of the molecule is O=C(c1ccccc1)N1CCCC[C@H]1CCN1CCN(c2ccc(F)cc2)CC1. The number of benzene rings is 2. The molecule has 2 aliphatic rings. The molecule has 4 rings (SSSR count). The van der Waals surface area contributed by atoms with Crippen LogP contribution in [0, 0.1) is 5.82 Å². The van der Waals surface area contributed by atoms with Crippen molar-refractivity contribution >= 4 is 11.6 Å². The molecule has 2 fully saturated rings. The topological polar surface area (TPSA) is 26.8 Å². The largest absolute Gasteiger partial charge is 0.369 e. The Balaban J connectivity index is 1.29. The predicted octanol–water partition coefficient (Wildman–Crippen LogP) is 4.03. The minimum Gasteiger partial charge on any atom is -0.369 e. The maximum absolute atomic E-state index is 13.1. The van der Waals surface area contributed by atoms with E-state index < -0.39 is 0 Å². The van der Waals surface area contributed by atoms with E-state index in [9.17, 15) is 9.18 Å². The van der Waals surface area contributed by atoms with E-state index in [1.165, 1.54) is 18.6 Å². The number of hydrogen-bond acceptors (Lipinski definition) is 3. The van der Waals surface area contributed by atoms with Crippen molar-refractivity contribution in [2.75, 3.05) is 44.2 Å². The highest BCUT2D eigenvalue weighted by molar-refractivity contribution is 5.94. The summed E-state index contributed by atoms with van der Waals surface area (Å²) in [7, 11) is 0. The standard InChI is InChI=1S/C24H30FN3O/c25-21-9-11-22(12-10-21)27-18-16-26(17-19-27)15-13-23-8-4-5-14-28(23)24(29)20-6-2-1-3-7-20/h1-3,6-7,9-12,23H,4-5,8,13-19H2/t23-/m0/s1. The third kappa shape index (κ3) is 4.96. The maximum Gasteiger partial charge on any atom is 0.254 e. The molecule has 0 aliphatic carbocycles. The third-order valence-corrected chi connectivity index (χ3v) is 6.25. The van der Waals surface area contributed by atoms with E-state index in [0.717, 1.165) is 69.8 Å². The molecule has 0 spiro atoms. The Morgan fingerprint density at radius 1 is 0.897 bits per heavy atom. The van der Waals surface area contributed by atoms with Crippen LogP contribution in [0.4, 0.5) is 10.1 Å². The van der Waals surface area contributed by atoms with E-state index in [1.54, 1.807) is 0 Å². The van der Waals surface area contributed by atoms with Gasteiger partial charge < -0.3 is 9.80 Å². The second kappa shape index (κ2) is 9.40. The number of rotatable bonds is 5. The Morgan fingerprint density at radius 3 is 2.34 bits per heavy atom. The van der Waals surface area contributed by atoms with Crippen molar-refractivity contribution in [3.63, 3.8) is 0 Å². The van der Waals surface area contributed by atoms with E-state index >= 15 is 0 Å². The summed E-state index contributed by atoms with van der Waals surface area (Å²) in [6.07, 6.45) is 4.45. The van der Waals surface area contributed by atoms with Crippen LogP contribution in [-0.4, -0.2) is 61.0 Å². The molecule has 2 aromatic carbocycles. The highest BCUT2D eigenvalue weighted by Crippen LogP contribution is 2.23. The highest BCUT2D eigenvalue weighted by Gasteiger charge is 2.28. The van der Waals surface area contributed by atoms with Gasteiger partial charge in [0.15, 0.2) is 0 Å².